The predicted octanol–water partition coefficient (Wildman–Crippen LogP) is 2.89. The number of carbonyl (C=O) groups is 1. The molecule has 0 unspecified atom stereocenters. The van der Waals surface area contributed by atoms with E-state index in [1.54, 1.807) is 7.05 Å². The number of aliphatic imine (C=N–C) groups is 1. The third kappa shape index (κ3) is 4.98. The van der Waals surface area contributed by atoms with Crippen LogP contribution in [0.25, 0.3) is 0 Å². The van der Waals surface area contributed by atoms with Crippen LogP contribution in [0.4, 0.5) is 5.69 Å². The van der Waals surface area contributed by atoms with Gasteiger partial charge in [-0.25, -0.2) is 0 Å². The van der Waals surface area contributed by atoms with Gasteiger partial charge < -0.3 is 16.0 Å². The first-order valence-electron chi connectivity index (χ1n) is 8.38. The average Bonchev–Trinajstić information content (AvgIpc) is 2.49. The Hall–Kier alpha value is -2.04. The maximum atomic E-state index is 11.1. The molecule has 0 radical (unpaired) electrons. The van der Waals surface area contributed by atoms with Crippen LogP contribution in [-0.4, -0.2) is 25.5 Å². The maximum Gasteiger partial charge on any atom is 0.221 e. The zero-order valence-corrected chi connectivity index (χ0v) is 14.4. The second-order valence-electron chi connectivity index (χ2n) is 6.37. The van der Waals surface area contributed by atoms with Gasteiger partial charge in [-0.3, -0.25) is 9.79 Å². The Bertz CT molecular complexity index is 558. The highest BCUT2D eigenvalue weighted by Gasteiger charge is 2.34. The lowest BCUT2D eigenvalue weighted by Crippen LogP contribution is -2.46. The van der Waals surface area contributed by atoms with Gasteiger partial charge in [0.25, 0.3) is 0 Å². The van der Waals surface area contributed by atoms with Crippen LogP contribution in [0.5, 0.6) is 0 Å². The average molecular weight is 316 g/mol. The van der Waals surface area contributed by atoms with Gasteiger partial charge in [-0.05, 0) is 42.4 Å². The van der Waals surface area contributed by atoms with Crippen molar-refractivity contribution < 1.29 is 4.79 Å². The van der Waals surface area contributed by atoms with Gasteiger partial charge in [-0.1, -0.05) is 25.5 Å². The minimum atomic E-state index is -0.0575. The summed E-state index contributed by atoms with van der Waals surface area (Å²) in [6.07, 6.45) is 5.19. The third-order valence-electron chi connectivity index (χ3n) is 4.73. The molecule has 0 aliphatic heterocycles. The molecule has 0 bridgehead atoms. The SMILES string of the molecule is CCC1(CNC(=NC)NCc2cccc(NC(C)=O)c2)CCC1. The van der Waals surface area contributed by atoms with Crippen molar-refractivity contribution in [1.82, 2.24) is 10.6 Å². The van der Waals surface area contributed by atoms with Crippen LogP contribution in [0.1, 0.15) is 45.1 Å². The summed E-state index contributed by atoms with van der Waals surface area (Å²) < 4.78 is 0. The van der Waals surface area contributed by atoms with Crippen molar-refractivity contribution in [2.45, 2.75) is 46.1 Å². The number of nitrogens with zero attached hydrogens (tertiary/aromatic N) is 1. The quantitative estimate of drug-likeness (QED) is 0.558. The minimum Gasteiger partial charge on any atom is -0.356 e. The molecule has 0 spiro atoms. The number of amides is 1. The van der Waals surface area contributed by atoms with Crippen LogP contribution in [0.15, 0.2) is 29.3 Å². The number of hydrogen-bond acceptors (Lipinski definition) is 2. The normalized spacial score (nSPS) is 16.4. The molecule has 0 aromatic heterocycles. The van der Waals surface area contributed by atoms with Crippen LogP contribution in [0.2, 0.25) is 0 Å². The number of carbonyl (C=O) groups excluding carboxylic acids is 1. The molecule has 1 aromatic carbocycles. The molecule has 0 heterocycles. The van der Waals surface area contributed by atoms with Gasteiger partial charge >= 0.3 is 0 Å². The summed E-state index contributed by atoms with van der Waals surface area (Å²) >= 11 is 0. The summed E-state index contributed by atoms with van der Waals surface area (Å²) in [5.74, 6) is 0.771. The van der Waals surface area contributed by atoms with Crippen LogP contribution in [0.3, 0.4) is 0 Å². The van der Waals surface area contributed by atoms with Crippen molar-refractivity contribution in [1.29, 1.82) is 0 Å². The molecular weight excluding hydrogens is 288 g/mol. The Morgan fingerprint density at radius 2 is 2.09 bits per heavy atom. The van der Waals surface area contributed by atoms with Gasteiger partial charge in [0.2, 0.25) is 5.91 Å². The van der Waals surface area contributed by atoms with E-state index in [4.69, 9.17) is 0 Å². The first-order valence-corrected chi connectivity index (χ1v) is 8.38. The van der Waals surface area contributed by atoms with E-state index >= 15 is 0 Å². The van der Waals surface area contributed by atoms with Crippen molar-refractivity contribution in [3.05, 3.63) is 29.8 Å². The number of hydrogen-bond donors (Lipinski definition) is 3. The first-order chi connectivity index (χ1) is 11.1. The lowest BCUT2D eigenvalue weighted by atomic mass is 9.67. The molecule has 126 valence electrons. The lowest BCUT2D eigenvalue weighted by molar-refractivity contribution is -0.114. The van der Waals surface area contributed by atoms with E-state index in [0.29, 0.717) is 12.0 Å². The zero-order chi connectivity index (χ0) is 16.7. The van der Waals surface area contributed by atoms with E-state index in [1.807, 2.05) is 24.3 Å². The number of rotatable bonds is 6. The smallest absolute Gasteiger partial charge is 0.221 e. The summed E-state index contributed by atoms with van der Waals surface area (Å²) in [6.45, 7) is 5.44. The Morgan fingerprint density at radius 1 is 1.30 bits per heavy atom. The predicted molar refractivity (Wildman–Crippen MR) is 95.5 cm³/mol. The van der Waals surface area contributed by atoms with Gasteiger partial charge in [-0.15, -0.1) is 0 Å². The molecule has 1 fully saturated rings. The highest BCUT2D eigenvalue weighted by atomic mass is 16.1. The monoisotopic (exact) mass is 316 g/mol. The third-order valence-corrected chi connectivity index (χ3v) is 4.73. The van der Waals surface area contributed by atoms with Gasteiger partial charge in [0.15, 0.2) is 5.96 Å². The van der Waals surface area contributed by atoms with Gasteiger partial charge in [0.1, 0.15) is 0 Å². The molecule has 23 heavy (non-hydrogen) atoms. The summed E-state index contributed by atoms with van der Waals surface area (Å²) in [4.78, 5) is 15.4. The summed E-state index contributed by atoms with van der Waals surface area (Å²) in [5, 5.41) is 9.59. The Balaban J connectivity index is 1.84. The molecule has 0 atom stereocenters. The van der Waals surface area contributed by atoms with Gasteiger partial charge in [0.05, 0.1) is 0 Å². The van der Waals surface area contributed by atoms with Crippen LogP contribution < -0.4 is 16.0 Å². The van der Waals surface area contributed by atoms with E-state index in [9.17, 15) is 4.79 Å². The largest absolute Gasteiger partial charge is 0.356 e. The van der Waals surface area contributed by atoms with Crippen molar-refractivity contribution in [2.24, 2.45) is 10.4 Å². The molecule has 5 heteroatoms. The first kappa shape index (κ1) is 17.3. The summed E-state index contributed by atoms with van der Waals surface area (Å²) in [6, 6.07) is 7.84. The number of guanidine groups is 1. The Morgan fingerprint density at radius 3 is 2.65 bits per heavy atom. The number of anilines is 1. The van der Waals surface area contributed by atoms with Gasteiger partial charge in [0, 0.05) is 32.7 Å². The second kappa shape index (κ2) is 7.99. The summed E-state index contributed by atoms with van der Waals surface area (Å²) in [5.41, 5.74) is 2.38. The van der Waals surface area contributed by atoms with Crippen molar-refractivity contribution in [3.8, 4) is 0 Å². The summed E-state index contributed by atoms with van der Waals surface area (Å²) in [7, 11) is 1.79. The van der Waals surface area contributed by atoms with E-state index in [1.165, 1.54) is 32.6 Å². The van der Waals surface area contributed by atoms with Crippen molar-refractivity contribution in [3.63, 3.8) is 0 Å². The van der Waals surface area contributed by atoms with E-state index in [-0.39, 0.29) is 5.91 Å². The molecule has 5 nitrogen and oxygen atoms in total. The molecule has 0 saturated heterocycles. The van der Waals surface area contributed by atoms with Crippen LogP contribution >= 0.6 is 0 Å². The lowest BCUT2D eigenvalue weighted by Gasteiger charge is -2.41. The highest BCUT2D eigenvalue weighted by Crippen LogP contribution is 2.42. The fourth-order valence-electron chi connectivity index (χ4n) is 2.97. The van der Waals surface area contributed by atoms with Crippen molar-refractivity contribution >= 4 is 17.6 Å². The van der Waals surface area contributed by atoms with Crippen LogP contribution in [-0.2, 0) is 11.3 Å². The molecule has 2 rings (SSSR count). The van der Waals surface area contributed by atoms with E-state index in [0.717, 1.165) is 23.8 Å². The Kier molecular flexibility index (Phi) is 6.02. The van der Waals surface area contributed by atoms with Crippen LogP contribution in [0, 0.1) is 5.41 Å². The highest BCUT2D eigenvalue weighted by molar-refractivity contribution is 5.88. The fraction of sp³-hybridized carbons (Fsp3) is 0.556. The second-order valence-corrected chi connectivity index (χ2v) is 6.37. The van der Waals surface area contributed by atoms with E-state index in [2.05, 4.69) is 27.9 Å². The minimum absolute atomic E-state index is 0.0575. The molecule has 1 aliphatic carbocycles. The molecular formula is C18H28N4O. The molecule has 1 amide bonds. The number of benzene rings is 1. The molecule has 3 N–H and O–H groups in total. The standard InChI is InChI=1S/C18H28N4O/c1-4-18(9-6-10-18)13-21-17(19-3)20-12-15-7-5-8-16(11-15)22-14(2)23/h5,7-8,11H,4,6,9-10,12-13H2,1-3H3,(H,22,23)(H2,19,20,21). The molecule has 1 aliphatic rings. The Labute approximate surface area is 139 Å². The number of nitrogens with one attached hydrogen (secondary N) is 3. The molecule has 1 aromatic rings. The molecule has 1 saturated carbocycles. The fourth-order valence-corrected chi connectivity index (χ4v) is 2.97. The zero-order valence-electron chi connectivity index (χ0n) is 14.4. The maximum absolute atomic E-state index is 11.1. The van der Waals surface area contributed by atoms with E-state index < -0.39 is 0 Å². The van der Waals surface area contributed by atoms with Crippen molar-refractivity contribution in [2.75, 3.05) is 18.9 Å². The topological polar surface area (TPSA) is 65.5 Å². The van der Waals surface area contributed by atoms with Gasteiger partial charge in [-0.2, -0.15) is 0 Å².